The Labute approximate surface area is 116 Å². The number of rotatable bonds is 3. The second-order valence-electron chi connectivity index (χ2n) is 4.38. The Balaban J connectivity index is 2.51. The van der Waals surface area contributed by atoms with Gasteiger partial charge in [-0.1, -0.05) is 0 Å². The van der Waals surface area contributed by atoms with Crippen LogP contribution in [0.5, 0.6) is 0 Å². The average molecular weight is 311 g/mol. The summed E-state index contributed by atoms with van der Waals surface area (Å²) in [5, 5.41) is 18.6. The van der Waals surface area contributed by atoms with Gasteiger partial charge in [0, 0.05) is 6.20 Å². The highest BCUT2D eigenvalue weighted by molar-refractivity contribution is 7.71. The van der Waals surface area contributed by atoms with Gasteiger partial charge < -0.3 is 20.7 Å². The van der Waals surface area contributed by atoms with Gasteiger partial charge in [-0.25, -0.2) is 13.2 Å². The lowest BCUT2D eigenvalue weighted by molar-refractivity contribution is -0.0727. The first kappa shape index (κ1) is 15.2. The molecule has 0 radical (unpaired) electrons. The zero-order chi connectivity index (χ0) is 15.1. The fourth-order valence-electron chi connectivity index (χ4n) is 2.02. The van der Waals surface area contributed by atoms with Gasteiger partial charge in [-0.15, -0.1) is 0 Å². The van der Waals surface area contributed by atoms with Crippen molar-refractivity contribution in [2.45, 2.75) is 24.1 Å². The standard InChI is InChI=1S/C10H12F3N3O3S/c11-3-10(13)6(18)5(2-17)19-8(10)16-1-4(12)7(14)15-9(16)20/h1,5-6,8,17-18H,2-3H2,(H2,14,15,20). The highest BCUT2D eigenvalue weighted by Crippen LogP contribution is 2.42. The number of ether oxygens (including phenoxy) is 1. The molecule has 1 aromatic rings. The van der Waals surface area contributed by atoms with E-state index in [4.69, 9.17) is 27.8 Å². The molecule has 2 heterocycles. The van der Waals surface area contributed by atoms with Crippen molar-refractivity contribution in [3.8, 4) is 0 Å². The van der Waals surface area contributed by atoms with Gasteiger partial charge in [0.15, 0.2) is 17.9 Å². The predicted molar refractivity (Wildman–Crippen MR) is 64.2 cm³/mol. The smallest absolute Gasteiger partial charge is 0.212 e. The van der Waals surface area contributed by atoms with E-state index in [1.54, 1.807) is 0 Å². The highest BCUT2D eigenvalue weighted by Gasteiger charge is 2.58. The number of halogens is 3. The van der Waals surface area contributed by atoms with Gasteiger partial charge in [-0.2, -0.15) is 4.98 Å². The van der Waals surface area contributed by atoms with Crippen LogP contribution < -0.4 is 5.73 Å². The largest absolute Gasteiger partial charge is 0.394 e. The SMILES string of the molecule is Nc1nc(=S)n(C2OC(CO)C(O)C2(F)CF)cc1F. The number of nitrogen functional groups attached to an aromatic ring is 1. The minimum absolute atomic E-state index is 0.338. The van der Waals surface area contributed by atoms with E-state index in [1.807, 2.05) is 0 Å². The Bertz CT molecular complexity index is 572. The molecule has 0 aliphatic carbocycles. The summed E-state index contributed by atoms with van der Waals surface area (Å²) in [6, 6.07) is 0. The Kier molecular flexibility index (Phi) is 4.00. The maximum Gasteiger partial charge on any atom is 0.212 e. The van der Waals surface area contributed by atoms with Gasteiger partial charge in [0.1, 0.15) is 18.9 Å². The molecule has 0 amide bonds. The Morgan fingerprint density at radius 3 is 2.80 bits per heavy atom. The molecule has 1 fully saturated rings. The van der Waals surface area contributed by atoms with Crippen molar-refractivity contribution < 1.29 is 28.1 Å². The highest BCUT2D eigenvalue weighted by atomic mass is 32.1. The minimum atomic E-state index is -2.88. The van der Waals surface area contributed by atoms with Crippen LogP contribution >= 0.6 is 12.2 Å². The van der Waals surface area contributed by atoms with Crippen LogP contribution in [-0.4, -0.2) is 50.9 Å². The first-order chi connectivity index (χ1) is 9.35. The molecule has 20 heavy (non-hydrogen) atoms. The average Bonchev–Trinajstić information content (AvgIpc) is 2.67. The number of aromatic nitrogens is 2. The van der Waals surface area contributed by atoms with Gasteiger partial charge in [0.25, 0.3) is 0 Å². The molecule has 112 valence electrons. The third-order valence-electron chi connectivity index (χ3n) is 3.13. The van der Waals surface area contributed by atoms with E-state index >= 15 is 0 Å². The first-order valence-electron chi connectivity index (χ1n) is 5.58. The molecule has 0 spiro atoms. The van der Waals surface area contributed by atoms with Gasteiger partial charge in [0.05, 0.1) is 6.61 Å². The Morgan fingerprint density at radius 1 is 1.60 bits per heavy atom. The number of aliphatic hydroxyl groups excluding tert-OH is 2. The summed E-state index contributed by atoms with van der Waals surface area (Å²) in [6.07, 6.45) is -4.32. The van der Waals surface area contributed by atoms with Gasteiger partial charge >= 0.3 is 0 Å². The number of aliphatic hydroxyl groups is 2. The number of alkyl halides is 2. The van der Waals surface area contributed by atoms with E-state index in [9.17, 15) is 18.3 Å². The van der Waals surface area contributed by atoms with E-state index in [2.05, 4.69) is 4.98 Å². The van der Waals surface area contributed by atoms with Crippen LogP contribution in [0.15, 0.2) is 6.20 Å². The number of nitrogens with zero attached hydrogens (tertiary/aromatic N) is 2. The minimum Gasteiger partial charge on any atom is -0.394 e. The van der Waals surface area contributed by atoms with Crippen LogP contribution in [0.25, 0.3) is 0 Å². The van der Waals surface area contributed by atoms with Gasteiger partial charge in [-0.05, 0) is 12.2 Å². The topological polar surface area (TPSA) is 93.5 Å². The first-order valence-corrected chi connectivity index (χ1v) is 5.99. The second kappa shape index (κ2) is 5.28. The van der Waals surface area contributed by atoms with E-state index < -0.39 is 49.0 Å². The Morgan fingerprint density at radius 2 is 2.25 bits per heavy atom. The summed E-state index contributed by atoms with van der Waals surface area (Å²) in [4.78, 5) is 3.46. The number of hydrogen-bond acceptors (Lipinski definition) is 6. The van der Waals surface area contributed by atoms with Gasteiger partial charge in [0.2, 0.25) is 10.4 Å². The van der Waals surface area contributed by atoms with Crippen LogP contribution in [0.1, 0.15) is 6.23 Å². The second-order valence-corrected chi connectivity index (χ2v) is 4.74. The maximum absolute atomic E-state index is 14.5. The zero-order valence-electron chi connectivity index (χ0n) is 10.0. The monoisotopic (exact) mass is 311 g/mol. The summed E-state index contributed by atoms with van der Waals surface area (Å²) in [7, 11) is 0. The molecule has 1 aliphatic rings. The van der Waals surface area contributed by atoms with Crippen molar-refractivity contribution in [2.24, 2.45) is 0 Å². The van der Waals surface area contributed by atoms with Crippen molar-refractivity contribution in [3.05, 3.63) is 16.8 Å². The zero-order valence-corrected chi connectivity index (χ0v) is 10.9. The van der Waals surface area contributed by atoms with Gasteiger partial charge in [-0.3, -0.25) is 4.57 Å². The fraction of sp³-hybridized carbons (Fsp3) is 0.600. The van der Waals surface area contributed by atoms with Crippen LogP contribution in [0.3, 0.4) is 0 Å². The quantitative estimate of drug-likeness (QED) is 0.694. The summed E-state index contributed by atoms with van der Waals surface area (Å²) in [5.74, 6) is -1.49. The third-order valence-corrected chi connectivity index (χ3v) is 3.43. The fourth-order valence-corrected chi connectivity index (χ4v) is 2.27. The number of hydrogen-bond donors (Lipinski definition) is 3. The third kappa shape index (κ3) is 2.18. The molecule has 1 saturated heterocycles. The molecule has 0 bridgehead atoms. The van der Waals surface area contributed by atoms with E-state index in [0.29, 0.717) is 6.20 Å². The Hall–Kier alpha value is -1.23. The molecule has 1 aromatic heterocycles. The van der Waals surface area contributed by atoms with Crippen molar-refractivity contribution in [1.29, 1.82) is 0 Å². The van der Waals surface area contributed by atoms with Crippen molar-refractivity contribution in [3.63, 3.8) is 0 Å². The molecule has 0 aromatic carbocycles. The molecular formula is C10H12F3N3O3S. The number of anilines is 1. The van der Waals surface area contributed by atoms with E-state index in [-0.39, 0.29) is 4.77 Å². The molecular weight excluding hydrogens is 299 g/mol. The van der Waals surface area contributed by atoms with Crippen molar-refractivity contribution >= 4 is 18.0 Å². The molecule has 1 aliphatic heterocycles. The normalized spacial score (nSPS) is 33.5. The van der Waals surface area contributed by atoms with Crippen molar-refractivity contribution in [2.75, 3.05) is 19.0 Å². The molecule has 2 rings (SSSR count). The van der Waals surface area contributed by atoms with Crippen LogP contribution in [-0.2, 0) is 4.74 Å². The van der Waals surface area contributed by atoms with Crippen LogP contribution in [0.2, 0.25) is 0 Å². The molecule has 6 nitrogen and oxygen atoms in total. The lowest BCUT2D eigenvalue weighted by atomic mass is 9.97. The lowest BCUT2D eigenvalue weighted by Gasteiger charge is -2.26. The van der Waals surface area contributed by atoms with Crippen LogP contribution in [0, 0.1) is 10.6 Å². The van der Waals surface area contributed by atoms with E-state index in [0.717, 1.165) is 4.57 Å². The molecule has 4 atom stereocenters. The van der Waals surface area contributed by atoms with E-state index in [1.165, 1.54) is 0 Å². The summed E-state index contributed by atoms with van der Waals surface area (Å²) in [5.41, 5.74) is 2.33. The predicted octanol–water partition coefficient (Wildman–Crippen LogP) is 0.262. The lowest BCUT2D eigenvalue weighted by Crippen LogP contribution is -2.45. The molecule has 4 unspecified atom stereocenters. The maximum atomic E-state index is 14.5. The van der Waals surface area contributed by atoms with Crippen LogP contribution in [0.4, 0.5) is 19.0 Å². The van der Waals surface area contributed by atoms with Crippen molar-refractivity contribution in [1.82, 2.24) is 9.55 Å². The summed E-state index contributed by atoms with van der Waals surface area (Å²) in [6.45, 7) is -2.34. The number of nitrogens with two attached hydrogens (primary N) is 1. The molecule has 10 heteroatoms. The molecule has 0 saturated carbocycles. The molecule has 4 N–H and O–H groups in total. The summed E-state index contributed by atoms with van der Waals surface area (Å²) < 4.78 is 46.3. The summed E-state index contributed by atoms with van der Waals surface area (Å²) >= 11 is 4.79.